The van der Waals surface area contributed by atoms with Crippen molar-refractivity contribution in [1.82, 2.24) is 15.1 Å². The summed E-state index contributed by atoms with van der Waals surface area (Å²) in [5.74, 6) is 0.528. The van der Waals surface area contributed by atoms with Crippen LogP contribution in [0.25, 0.3) is 0 Å². The van der Waals surface area contributed by atoms with Crippen molar-refractivity contribution in [3.8, 4) is 0 Å². The van der Waals surface area contributed by atoms with Gasteiger partial charge in [-0.05, 0) is 50.0 Å². The molecule has 2 aliphatic rings. The largest absolute Gasteiger partial charge is 0.352 e. The number of amides is 2. The Balaban J connectivity index is 1.70. The van der Waals surface area contributed by atoms with E-state index in [2.05, 4.69) is 48.3 Å². The maximum Gasteiger partial charge on any atom is 0.243 e. The summed E-state index contributed by atoms with van der Waals surface area (Å²) < 4.78 is 0. The Labute approximate surface area is 187 Å². The summed E-state index contributed by atoms with van der Waals surface area (Å²) in [6.45, 7) is 8.54. The van der Waals surface area contributed by atoms with Crippen LogP contribution >= 0.6 is 0 Å². The predicted octanol–water partition coefficient (Wildman–Crippen LogP) is 2.91. The van der Waals surface area contributed by atoms with Gasteiger partial charge in [-0.25, -0.2) is 0 Å². The fourth-order valence-corrected chi connectivity index (χ4v) is 5.09. The van der Waals surface area contributed by atoms with Crippen LogP contribution in [-0.4, -0.2) is 58.9 Å². The molecule has 2 fully saturated rings. The molecule has 0 spiro atoms. The molecule has 6 nitrogen and oxygen atoms in total. The Bertz CT molecular complexity index is 715. The van der Waals surface area contributed by atoms with Crippen LogP contribution in [-0.2, 0) is 16.1 Å². The highest BCUT2D eigenvalue weighted by atomic mass is 16.2. The number of benzene rings is 1. The maximum atomic E-state index is 13.3. The van der Waals surface area contributed by atoms with Gasteiger partial charge in [0.25, 0.3) is 0 Å². The Morgan fingerprint density at radius 1 is 1.13 bits per heavy atom. The molecule has 3 rings (SSSR count). The third kappa shape index (κ3) is 6.78. The molecular weight excluding hydrogens is 388 g/mol. The maximum absolute atomic E-state index is 13.3. The highest BCUT2D eigenvalue weighted by molar-refractivity contribution is 5.87. The number of likely N-dealkylation sites (tertiary alicyclic amines) is 1. The molecule has 6 heteroatoms. The molecule has 0 aromatic heterocycles. The van der Waals surface area contributed by atoms with Crippen LogP contribution in [0.5, 0.6) is 0 Å². The summed E-state index contributed by atoms with van der Waals surface area (Å²) in [6.07, 6.45) is 5.35. The van der Waals surface area contributed by atoms with E-state index in [9.17, 15) is 9.59 Å². The lowest BCUT2D eigenvalue weighted by Gasteiger charge is -2.43. The standard InChI is InChI=1S/C25H40N4O2/c1-18(2)16-28(17-20-7-5-4-6-8-20)23-13-14-29(19(3)30)24(15-23)25(31)27-22-11-9-21(26)10-12-22/h4-8,18,21-24H,9-17,26H2,1-3H3,(H,27,31)/t21?,22?,23?,24-/m1/s1. The lowest BCUT2D eigenvalue weighted by Crippen LogP contribution is -2.58. The van der Waals surface area contributed by atoms with Crippen LogP contribution in [0.2, 0.25) is 0 Å². The first-order valence-electron chi connectivity index (χ1n) is 11.9. The fourth-order valence-electron chi connectivity index (χ4n) is 5.09. The monoisotopic (exact) mass is 428 g/mol. The molecule has 1 aliphatic carbocycles. The van der Waals surface area contributed by atoms with Crippen LogP contribution in [0, 0.1) is 5.92 Å². The minimum Gasteiger partial charge on any atom is -0.352 e. The predicted molar refractivity (Wildman–Crippen MR) is 124 cm³/mol. The molecule has 2 amide bonds. The molecule has 1 unspecified atom stereocenters. The first-order chi connectivity index (χ1) is 14.8. The first-order valence-corrected chi connectivity index (χ1v) is 11.9. The number of nitrogens with two attached hydrogens (primary N) is 1. The van der Waals surface area contributed by atoms with Crippen molar-refractivity contribution in [2.75, 3.05) is 13.1 Å². The van der Waals surface area contributed by atoms with Crippen molar-refractivity contribution in [1.29, 1.82) is 0 Å². The summed E-state index contributed by atoms with van der Waals surface area (Å²) in [7, 11) is 0. The zero-order chi connectivity index (χ0) is 22.4. The smallest absolute Gasteiger partial charge is 0.243 e. The second-order valence-corrected chi connectivity index (χ2v) is 9.84. The van der Waals surface area contributed by atoms with Crippen molar-refractivity contribution in [2.45, 2.75) is 90.0 Å². The Morgan fingerprint density at radius 2 is 1.81 bits per heavy atom. The average Bonchev–Trinajstić information content (AvgIpc) is 2.75. The van der Waals surface area contributed by atoms with E-state index >= 15 is 0 Å². The van der Waals surface area contributed by atoms with Gasteiger partial charge in [-0.2, -0.15) is 0 Å². The number of carbonyl (C=O) groups is 2. The van der Waals surface area contributed by atoms with Crippen molar-refractivity contribution in [3.05, 3.63) is 35.9 Å². The molecule has 31 heavy (non-hydrogen) atoms. The summed E-state index contributed by atoms with van der Waals surface area (Å²) >= 11 is 0. The van der Waals surface area contributed by atoms with Crippen molar-refractivity contribution in [2.24, 2.45) is 11.7 Å². The van der Waals surface area contributed by atoms with Gasteiger partial charge in [0.2, 0.25) is 11.8 Å². The average molecular weight is 429 g/mol. The summed E-state index contributed by atoms with van der Waals surface area (Å²) in [6, 6.07) is 10.8. The topological polar surface area (TPSA) is 78.7 Å². The molecular formula is C25H40N4O2. The molecule has 1 saturated carbocycles. The van der Waals surface area contributed by atoms with E-state index in [1.54, 1.807) is 11.8 Å². The second-order valence-electron chi connectivity index (χ2n) is 9.84. The van der Waals surface area contributed by atoms with Gasteiger partial charge in [0.05, 0.1) is 0 Å². The van der Waals surface area contributed by atoms with Gasteiger partial charge in [0, 0.05) is 44.7 Å². The summed E-state index contributed by atoms with van der Waals surface area (Å²) in [4.78, 5) is 29.9. The number of nitrogens with zero attached hydrogens (tertiary/aromatic N) is 2. The van der Waals surface area contributed by atoms with E-state index in [0.29, 0.717) is 18.9 Å². The molecule has 1 saturated heterocycles. The number of piperidine rings is 1. The third-order valence-electron chi connectivity index (χ3n) is 6.74. The Hall–Kier alpha value is -1.92. The number of rotatable bonds is 7. The lowest BCUT2D eigenvalue weighted by atomic mass is 9.90. The second kappa shape index (κ2) is 11.1. The minimum atomic E-state index is -0.391. The molecule has 172 valence electrons. The van der Waals surface area contributed by atoms with Gasteiger partial charge in [0.15, 0.2) is 0 Å². The van der Waals surface area contributed by atoms with Gasteiger partial charge in [-0.15, -0.1) is 0 Å². The van der Waals surface area contributed by atoms with E-state index in [-0.39, 0.29) is 29.9 Å². The molecule has 2 atom stereocenters. The quantitative estimate of drug-likeness (QED) is 0.700. The van der Waals surface area contributed by atoms with Crippen molar-refractivity contribution in [3.63, 3.8) is 0 Å². The van der Waals surface area contributed by atoms with Crippen LogP contribution in [0.3, 0.4) is 0 Å². The molecule has 0 radical (unpaired) electrons. The van der Waals surface area contributed by atoms with Gasteiger partial charge < -0.3 is 16.0 Å². The van der Waals surface area contributed by atoms with Crippen LogP contribution in [0.1, 0.15) is 64.9 Å². The Kier molecular flexibility index (Phi) is 8.50. The van der Waals surface area contributed by atoms with Crippen molar-refractivity contribution >= 4 is 11.8 Å². The summed E-state index contributed by atoms with van der Waals surface area (Å²) in [5, 5.41) is 3.24. The zero-order valence-corrected chi connectivity index (χ0v) is 19.4. The van der Waals surface area contributed by atoms with Crippen LogP contribution in [0.15, 0.2) is 30.3 Å². The van der Waals surface area contributed by atoms with E-state index in [1.165, 1.54) is 5.56 Å². The van der Waals surface area contributed by atoms with Gasteiger partial charge in [-0.3, -0.25) is 14.5 Å². The molecule has 1 aliphatic heterocycles. The van der Waals surface area contributed by atoms with Crippen LogP contribution < -0.4 is 11.1 Å². The number of carbonyl (C=O) groups excluding carboxylic acids is 2. The molecule has 3 N–H and O–H groups in total. The van der Waals surface area contributed by atoms with Crippen molar-refractivity contribution < 1.29 is 9.59 Å². The molecule has 1 aromatic rings. The van der Waals surface area contributed by atoms with E-state index in [4.69, 9.17) is 5.73 Å². The lowest BCUT2D eigenvalue weighted by molar-refractivity contribution is -0.142. The van der Waals surface area contributed by atoms with Gasteiger partial charge in [-0.1, -0.05) is 44.2 Å². The first kappa shape index (κ1) is 23.7. The number of hydrogen-bond acceptors (Lipinski definition) is 4. The SMILES string of the molecule is CC(=O)N1CCC(N(Cc2ccccc2)CC(C)C)C[C@@H]1C(=O)NC1CCC(N)CC1. The number of hydrogen-bond donors (Lipinski definition) is 2. The highest BCUT2D eigenvalue weighted by Gasteiger charge is 2.38. The molecule has 1 heterocycles. The minimum absolute atomic E-state index is 0.00424. The highest BCUT2D eigenvalue weighted by Crippen LogP contribution is 2.26. The Morgan fingerprint density at radius 3 is 2.42 bits per heavy atom. The van der Waals surface area contributed by atoms with E-state index in [0.717, 1.165) is 45.2 Å². The fraction of sp³-hybridized carbons (Fsp3) is 0.680. The summed E-state index contributed by atoms with van der Waals surface area (Å²) in [5.41, 5.74) is 7.30. The molecule has 1 aromatic carbocycles. The normalized spacial score (nSPS) is 26.8. The van der Waals surface area contributed by atoms with Gasteiger partial charge >= 0.3 is 0 Å². The van der Waals surface area contributed by atoms with Gasteiger partial charge in [0.1, 0.15) is 6.04 Å². The zero-order valence-electron chi connectivity index (χ0n) is 19.4. The van der Waals surface area contributed by atoms with Crippen LogP contribution in [0.4, 0.5) is 0 Å². The number of nitrogens with one attached hydrogen (secondary N) is 1. The van der Waals surface area contributed by atoms with E-state index in [1.807, 2.05) is 6.07 Å². The van der Waals surface area contributed by atoms with E-state index < -0.39 is 6.04 Å². The third-order valence-corrected chi connectivity index (χ3v) is 6.74. The molecule has 0 bridgehead atoms.